The van der Waals surface area contributed by atoms with Crippen LogP contribution in [0.3, 0.4) is 0 Å². The Labute approximate surface area is 151 Å². The first-order chi connectivity index (χ1) is 12.5. The Morgan fingerprint density at radius 3 is 2.54 bits per heavy atom. The van der Waals surface area contributed by atoms with Crippen molar-refractivity contribution in [1.82, 2.24) is 15.0 Å². The molecule has 26 heavy (non-hydrogen) atoms. The molecule has 132 valence electrons. The van der Waals surface area contributed by atoms with Crippen LogP contribution < -0.4 is 0 Å². The van der Waals surface area contributed by atoms with Crippen LogP contribution in [-0.2, 0) is 4.74 Å². The maximum absolute atomic E-state index is 12.6. The Morgan fingerprint density at radius 2 is 1.81 bits per heavy atom. The van der Waals surface area contributed by atoms with Crippen molar-refractivity contribution in [3.63, 3.8) is 0 Å². The molecule has 0 radical (unpaired) electrons. The molecule has 0 bridgehead atoms. The summed E-state index contributed by atoms with van der Waals surface area (Å²) < 4.78 is 5.29. The predicted octanol–water partition coefficient (Wildman–Crippen LogP) is 3.31. The molecule has 1 atom stereocenters. The molecule has 0 unspecified atom stereocenters. The smallest absolute Gasteiger partial charge is 0.361 e. The van der Waals surface area contributed by atoms with Crippen LogP contribution in [0, 0.1) is 13.8 Å². The summed E-state index contributed by atoms with van der Waals surface area (Å²) in [6, 6.07) is 14.8. The van der Waals surface area contributed by atoms with Gasteiger partial charge >= 0.3 is 5.97 Å². The molecule has 0 amide bonds. The quantitative estimate of drug-likeness (QED) is 0.522. The van der Waals surface area contributed by atoms with Gasteiger partial charge in [0.2, 0.25) is 5.78 Å². The Morgan fingerprint density at radius 1 is 1.08 bits per heavy atom. The fourth-order valence-electron chi connectivity index (χ4n) is 2.54. The molecule has 3 rings (SSSR count). The van der Waals surface area contributed by atoms with Gasteiger partial charge < -0.3 is 4.74 Å². The number of aryl methyl sites for hydroxylation is 2. The van der Waals surface area contributed by atoms with E-state index in [2.05, 4.69) is 10.2 Å². The monoisotopic (exact) mass is 349 g/mol. The van der Waals surface area contributed by atoms with Crippen molar-refractivity contribution in [1.29, 1.82) is 0 Å². The summed E-state index contributed by atoms with van der Waals surface area (Å²) in [5.41, 5.74) is 3.15. The number of aromatic nitrogens is 3. The number of carbonyl (C=O) groups is 2. The van der Waals surface area contributed by atoms with Gasteiger partial charge in [-0.3, -0.25) is 4.79 Å². The average Bonchev–Trinajstić information content (AvgIpc) is 3.14. The molecule has 1 aromatic heterocycles. The zero-order chi connectivity index (χ0) is 18.7. The molecule has 6 heteroatoms. The third-order valence-electron chi connectivity index (χ3n) is 4.00. The summed E-state index contributed by atoms with van der Waals surface area (Å²) in [4.78, 5) is 26.2. The van der Waals surface area contributed by atoms with E-state index in [-0.39, 0.29) is 11.5 Å². The van der Waals surface area contributed by atoms with E-state index < -0.39 is 12.1 Å². The Kier molecular flexibility index (Phi) is 4.93. The van der Waals surface area contributed by atoms with Gasteiger partial charge in [0.15, 0.2) is 11.8 Å². The second kappa shape index (κ2) is 7.31. The number of rotatable bonds is 5. The zero-order valence-electron chi connectivity index (χ0n) is 14.8. The van der Waals surface area contributed by atoms with Crippen LogP contribution in [0.15, 0.2) is 54.7 Å². The molecule has 0 spiro atoms. The molecule has 6 nitrogen and oxygen atoms in total. The molecule has 1 heterocycles. The number of nitrogens with zero attached hydrogens (tertiary/aromatic N) is 3. The van der Waals surface area contributed by atoms with Crippen molar-refractivity contribution in [3.8, 4) is 5.69 Å². The predicted molar refractivity (Wildman–Crippen MR) is 96.5 cm³/mol. The van der Waals surface area contributed by atoms with E-state index in [1.54, 1.807) is 13.0 Å². The van der Waals surface area contributed by atoms with Crippen molar-refractivity contribution >= 4 is 11.8 Å². The topological polar surface area (TPSA) is 74.1 Å². The first-order valence-electron chi connectivity index (χ1n) is 8.26. The molecule has 0 aliphatic rings. The van der Waals surface area contributed by atoms with Gasteiger partial charge in [-0.2, -0.15) is 9.90 Å². The fourth-order valence-corrected chi connectivity index (χ4v) is 2.54. The molecule has 0 aliphatic carbocycles. The first-order valence-corrected chi connectivity index (χ1v) is 8.26. The van der Waals surface area contributed by atoms with Gasteiger partial charge in [-0.05, 0) is 44.5 Å². The highest BCUT2D eigenvalue weighted by molar-refractivity contribution is 6.02. The average molecular weight is 349 g/mol. The minimum Gasteiger partial charge on any atom is -0.449 e. The van der Waals surface area contributed by atoms with Crippen LogP contribution in [0.4, 0.5) is 0 Å². The van der Waals surface area contributed by atoms with Crippen molar-refractivity contribution in [2.45, 2.75) is 26.9 Å². The van der Waals surface area contributed by atoms with E-state index in [4.69, 9.17) is 4.74 Å². The summed E-state index contributed by atoms with van der Waals surface area (Å²) in [5.74, 6) is -0.923. The highest BCUT2D eigenvalue weighted by Gasteiger charge is 2.23. The molecule has 0 aliphatic heterocycles. The molecule has 0 saturated heterocycles. The molecule has 2 aromatic carbocycles. The van der Waals surface area contributed by atoms with Crippen LogP contribution in [0.25, 0.3) is 5.69 Å². The Bertz CT molecular complexity index is 948. The first kappa shape index (κ1) is 17.5. The summed E-state index contributed by atoms with van der Waals surface area (Å²) in [6.45, 7) is 5.32. The highest BCUT2D eigenvalue weighted by atomic mass is 16.5. The number of ketones is 1. The van der Waals surface area contributed by atoms with Crippen molar-refractivity contribution < 1.29 is 14.3 Å². The molecular formula is C20H19N3O3. The van der Waals surface area contributed by atoms with Crippen molar-refractivity contribution in [2.24, 2.45) is 0 Å². The minimum atomic E-state index is -0.912. The number of benzene rings is 2. The summed E-state index contributed by atoms with van der Waals surface area (Å²) in [6.07, 6.45) is 0.412. The van der Waals surface area contributed by atoms with Gasteiger partial charge in [0, 0.05) is 5.56 Å². The SMILES string of the molecule is Cc1ccc(C)c(C(=O)[C@H](C)OC(=O)c2cnn(-c3ccccc3)n2)c1. The third-order valence-corrected chi connectivity index (χ3v) is 4.00. The van der Waals surface area contributed by atoms with Crippen LogP contribution in [-0.4, -0.2) is 32.9 Å². The number of para-hydroxylation sites is 1. The fraction of sp³-hybridized carbons (Fsp3) is 0.200. The molecular weight excluding hydrogens is 330 g/mol. The number of Topliss-reactive ketones (excluding diaryl/α,β-unsaturated/α-hetero) is 1. The minimum absolute atomic E-state index is 0.0504. The lowest BCUT2D eigenvalue weighted by Gasteiger charge is -2.13. The molecule has 0 N–H and O–H groups in total. The van der Waals surface area contributed by atoms with E-state index in [1.807, 2.05) is 56.3 Å². The Balaban J connectivity index is 1.72. The van der Waals surface area contributed by atoms with Crippen LogP contribution >= 0.6 is 0 Å². The van der Waals surface area contributed by atoms with Gasteiger partial charge in [0.05, 0.1) is 11.9 Å². The Hall–Kier alpha value is -3.28. The molecule has 3 aromatic rings. The number of hydrogen-bond acceptors (Lipinski definition) is 5. The van der Waals surface area contributed by atoms with Gasteiger partial charge in [0.25, 0.3) is 0 Å². The van der Waals surface area contributed by atoms with Crippen molar-refractivity contribution in [2.75, 3.05) is 0 Å². The van der Waals surface area contributed by atoms with Crippen molar-refractivity contribution in [3.05, 3.63) is 77.1 Å². The van der Waals surface area contributed by atoms with Crippen LogP contribution in [0.1, 0.15) is 38.9 Å². The van der Waals surface area contributed by atoms with Gasteiger partial charge in [-0.15, -0.1) is 5.10 Å². The maximum atomic E-state index is 12.6. The van der Waals surface area contributed by atoms with Gasteiger partial charge in [-0.1, -0.05) is 35.9 Å². The largest absolute Gasteiger partial charge is 0.449 e. The van der Waals surface area contributed by atoms with E-state index >= 15 is 0 Å². The lowest BCUT2D eigenvalue weighted by atomic mass is 9.99. The summed E-state index contributed by atoms with van der Waals surface area (Å²) >= 11 is 0. The number of carbonyl (C=O) groups excluding carboxylic acids is 2. The van der Waals surface area contributed by atoms with E-state index in [0.717, 1.165) is 16.8 Å². The number of hydrogen-bond donors (Lipinski definition) is 0. The summed E-state index contributed by atoms with van der Waals surface area (Å²) in [5, 5.41) is 8.18. The molecule has 0 saturated carbocycles. The second-order valence-corrected chi connectivity index (χ2v) is 6.08. The van der Waals surface area contributed by atoms with Gasteiger partial charge in [-0.25, -0.2) is 4.79 Å². The van der Waals surface area contributed by atoms with Crippen LogP contribution in [0.2, 0.25) is 0 Å². The molecule has 0 fully saturated rings. The lowest BCUT2D eigenvalue weighted by molar-refractivity contribution is 0.0312. The lowest BCUT2D eigenvalue weighted by Crippen LogP contribution is -2.25. The zero-order valence-corrected chi connectivity index (χ0v) is 14.8. The highest BCUT2D eigenvalue weighted by Crippen LogP contribution is 2.15. The second-order valence-electron chi connectivity index (χ2n) is 6.08. The van der Waals surface area contributed by atoms with E-state index in [9.17, 15) is 9.59 Å². The van der Waals surface area contributed by atoms with E-state index in [0.29, 0.717) is 5.56 Å². The van der Waals surface area contributed by atoms with E-state index in [1.165, 1.54) is 11.0 Å². The third kappa shape index (κ3) is 3.69. The number of ether oxygens (including phenoxy) is 1. The maximum Gasteiger partial charge on any atom is 0.361 e. The van der Waals surface area contributed by atoms with Crippen LogP contribution in [0.5, 0.6) is 0 Å². The standard InChI is InChI=1S/C20H19N3O3/c1-13-9-10-14(2)17(11-13)19(24)15(3)26-20(25)18-12-21-23(22-18)16-7-5-4-6-8-16/h4-12,15H,1-3H3/t15-/m0/s1. The normalized spacial score (nSPS) is 11.8. The summed E-state index contributed by atoms with van der Waals surface area (Å²) in [7, 11) is 0. The van der Waals surface area contributed by atoms with Gasteiger partial charge in [0.1, 0.15) is 0 Å². The number of esters is 1.